The monoisotopic (exact) mass is 256 g/mol. The van der Waals surface area contributed by atoms with Gasteiger partial charge in [0.15, 0.2) is 0 Å². The van der Waals surface area contributed by atoms with E-state index in [1.807, 2.05) is 4.90 Å². The molecule has 1 aliphatic heterocycles. The Morgan fingerprint density at radius 2 is 2.00 bits per heavy atom. The lowest BCUT2D eigenvalue weighted by Crippen LogP contribution is -2.52. The number of amides is 1. The van der Waals surface area contributed by atoms with E-state index in [1.54, 1.807) is 19.9 Å². The van der Waals surface area contributed by atoms with Gasteiger partial charge >= 0.3 is 0 Å². The smallest absolute Gasteiger partial charge is 0.251 e. The molecule has 0 aliphatic carbocycles. The van der Waals surface area contributed by atoms with Crippen LogP contribution < -0.4 is 0 Å². The number of hydrogen-bond acceptors (Lipinski definition) is 4. The second-order valence-corrected chi connectivity index (χ2v) is 4.74. The molecule has 18 heavy (non-hydrogen) atoms. The van der Waals surface area contributed by atoms with E-state index in [-0.39, 0.29) is 12.0 Å². The maximum Gasteiger partial charge on any atom is 0.251 e. The van der Waals surface area contributed by atoms with Crippen LogP contribution in [0.4, 0.5) is 0 Å². The van der Waals surface area contributed by atoms with E-state index in [0.29, 0.717) is 26.2 Å². The lowest BCUT2D eigenvalue weighted by Gasteiger charge is -2.36. The SMILES string of the molecule is C=CCO[C@@H](C)C(=O)N1CCN(C[C@@H](C)O)CC1. The molecule has 2 atom stereocenters. The number of rotatable bonds is 6. The van der Waals surface area contributed by atoms with Crippen LogP contribution in [-0.4, -0.2) is 72.4 Å². The Hall–Kier alpha value is -0.910. The van der Waals surface area contributed by atoms with Crippen LogP contribution >= 0.6 is 0 Å². The Morgan fingerprint density at radius 3 is 2.50 bits per heavy atom. The highest BCUT2D eigenvalue weighted by atomic mass is 16.5. The molecule has 0 aromatic rings. The number of nitrogens with zero attached hydrogens (tertiary/aromatic N) is 2. The average Bonchev–Trinajstić information content (AvgIpc) is 2.35. The minimum atomic E-state index is -0.411. The van der Waals surface area contributed by atoms with E-state index in [9.17, 15) is 9.90 Å². The van der Waals surface area contributed by atoms with Crippen LogP contribution in [0.15, 0.2) is 12.7 Å². The van der Waals surface area contributed by atoms with E-state index in [2.05, 4.69) is 11.5 Å². The number of carbonyl (C=O) groups is 1. The fourth-order valence-electron chi connectivity index (χ4n) is 2.07. The highest BCUT2D eigenvalue weighted by molar-refractivity contribution is 5.80. The van der Waals surface area contributed by atoms with Crippen molar-refractivity contribution < 1.29 is 14.6 Å². The summed E-state index contributed by atoms with van der Waals surface area (Å²) >= 11 is 0. The molecule has 1 saturated heterocycles. The quantitative estimate of drug-likeness (QED) is 0.685. The molecular formula is C13H24N2O3. The molecule has 0 radical (unpaired) electrons. The van der Waals surface area contributed by atoms with Gasteiger partial charge in [-0.05, 0) is 13.8 Å². The van der Waals surface area contributed by atoms with Crippen molar-refractivity contribution in [1.82, 2.24) is 9.80 Å². The molecular weight excluding hydrogens is 232 g/mol. The Labute approximate surface area is 109 Å². The first-order chi connectivity index (χ1) is 8.54. The molecule has 1 aliphatic rings. The summed E-state index contributed by atoms with van der Waals surface area (Å²) in [7, 11) is 0. The minimum Gasteiger partial charge on any atom is -0.392 e. The number of β-amino-alcohol motifs (C(OH)–C–C–N with tert-alkyl or cyclic N) is 1. The van der Waals surface area contributed by atoms with Gasteiger partial charge in [-0.2, -0.15) is 0 Å². The molecule has 5 nitrogen and oxygen atoms in total. The highest BCUT2D eigenvalue weighted by Gasteiger charge is 2.25. The van der Waals surface area contributed by atoms with Crippen LogP contribution in [0.1, 0.15) is 13.8 Å². The van der Waals surface area contributed by atoms with Crippen LogP contribution in [0.2, 0.25) is 0 Å². The minimum absolute atomic E-state index is 0.0357. The van der Waals surface area contributed by atoms with Crippen LogP contribution in [0.3, 0.4) is 0 Å². The van der Waals surface area contributed by atoms with Crippen LogP contribution in [0.5, 0.6) is 0 Å². The highest BCUT2D eigenvalue weighted by Crippen LogP contribution is 2.06. The predicted molar refractivity (Wildman–Crippen MR) is 70.3 cm³/mol. The Kier molecular flexibility index (Phi) is 6.32. The molecule has 104 valence electrons. The third kappa shape index (κ3) is 4.76. The van der Waals surface area contributed by atoms with Crippen molar-refractivity contribution in [1.29, 1.82) is 0 Å². The predicted octanol–water partition coefficient (Wildman–Crippen LogP) is 0.103. The van der Waals surface area contributed by atoms with Gasteiger partial charge in [0.2, 0.25) is 0 Å². The molecule has 0 aromatic heterocycles. The van der Waals surface area contributed by atoms with E-state index in [0.717, 1.165) is 13.1 Å². The molecule has 0 spiro atoms. The van der Waals surface area contributed by atoms with Gasteiger partial charge in [0.1, 0.15) is 6.10 Å². The first-order valence-electron chi connectivity index (χ1n) is 6.46. The first kappa shape index (κ1) is 15.1. The van der Waals surface area contributed by atoms with Crippen molar-refractivity contribution in [3.8, 4) is 0 Å². The first-order valence-corrected chi connectivity index (χ1v) is 6.46. The van der Waals surface area contributed by atoms with Crippen molar-refractivity contribution in [2.24, 2.45) is 0 Å². The summed E-state index contributed by atoms with van der Waals surface area (Å²) in [5.41, 5.74) is 0. The van der Waals surface area contributed by atoms with Gasteiger partial charge in [0.25, 0.3) is 5.91 Å². The largest absolute Gasteiger partial charge is 0.392 e. The van der Waals surface area contributed by atoms with E-state index in [4.69, 9.17) is 4.74 Å². The zero-order chi connectivity index (χ0) is 13.5. The second kappa shape index (κ2) is 7.51. The van der Waals surface area contributed by atoms with Gasteiger partial charge in [-0.25, -0.2) is 0 Å². The van der Waals surface area contributed by atoms with Crippen molar-refractivity contribution in [2.75, 3.05) is 39.3 Å². The molecule has 1 N–H and O–H groups in total. The average molecular weight is 256 g/mol. The molecule has 0 saturated carbocycles. The third-order valence-electron chi connectivity index (χ3n) is 3.02. The number of hydrogen-bond donors (Lipinski definition) is 1. The molecule has 5 heteroatoms. The summed E-state index contributed by atoms with van der Waals surface area (Å²) < 4.78 is 5.33. The molecule has 0 unspecified atom stereocenters. The third-order valence-corrected chi connectivity index (χ3v) is 3.02. The lowest BCUT2D eigenvalue weighted by molar-refractivity contribution is -0.143. The van der Waals surface area contributed by atoms with Crippen LogP contribution in [-0.2, 0) is 9.53 Å². The summed E-state index contributed by atoms with van der Waals surface area (Å²) in [4.78, 5) is 16.0. The summed E-state index contributed by atoms with van der Waals surface area (Å²) in [5, 5.41) is 9.31. The number of ether oxygens (including phenoxy) is 1. The molecule has 1 fully saturated rings. The van der Waals surface area contributed by atoms with Gasteiger partial charge in [-0.1, -0.05) is 6.08 Å². The zero-order valence-corrected chi connectivity index (χ0v) is 11.3. The molecule has 0 bridgehead atoms. The van der Waals surface area contributed by atoms with E-state index < -0.39 is 6.10 Å². The molecule has 1 rings (SSSR count). The van der Waals surface area contributed by atoms with Crippen molar-refractivity contribution in [3.05, 3.63) is 12.7 Å². The summed E-state index contributed by atoms with van der Waals surface area (Å²) in [6.07, 6.45) is 0.915. The lowest BCUT2D eigenvalue weighted by atomic mass is 10.2. The molecule has 1 amide bonds. The van der Waals surface area contributed by atoms with Gasteiger partial charge in [0, 0.05) is 32.7 Å². The van der Waals surface area contributed by atoms with Gasteiger partial charge < -0.3 is 14.7 Å². The Morgan fingerprint density at radius 1 is 1.39 bits per heavy atom. The fourth-order valence-corrected chi connectivity index (χ4v) is 2.07. The number of carbonyl (C=O) groups excluding carboxylic acids is 1. The van der Waals surface area contributed by atoms with Crippen LogP contribution in [0, 0.1) is 0 Å². The number of aliphatic hydroxyl groups excluding tert-OH is 1. The van der Waals surface area contributed by atoms with Crippen LogP contribution in [0.25, 0.3) is 0 Å². The number of aliphatic hydroxyl groups is 1. The summed E-state index contributed by atoms with van der Waals surface area (Å²) in [6.45, 7) is 11.2. The van der Waals surface area contributed by atoms with Crippen molar-refractivity contribution in [2.45, 2.75) is 26.1 Å². The normalized spacial score (nSPS) is 20.5. The van der Waals surface area contributed by atoms with E-state index >= 15 is 0 Å². The van der Waals surface area contributed by atoms with Gasteiger partial charge in [-0.3, -0.25) is 9.69 Å². The summed E-state index contributed by atoms with van der Waals surface area (Å²) in [5.74, 6) is 0.0357. The molecule has 0 aromatic carbocycles. The van der Waals surface area contributed by atoms with Gasteiger partial charge in [0.05, 0.1) is 12.7 Å². The topological polar surface area (TPSA) is 53.0 Å². The maximum absolute atomic E-state index is 12.0. The Balaban J connectivity index is 2.33. The maximum atomic E-state index is 12.0. The van der Waals surface area contributed by atoms with Crippen molar-refractivity contribution >= 4 is 5.91 Å². The zero-order valence-electron chi connectivity index (χ0n) is 11.3. The second-order valence-electron chi connectivity index (χ2n) is 4.74. The van der Waals surface area contributed by atoms with Gasteiger partial charge in [-0.15, -0.1) is 6.58 Å². The summed E-state index contributed by atoms with van der Waals surface area (Å²) in [6, 6.07) is 0. The number of piperazine rings is 1. The molecule has 1 heterocycles. The standard InChI is InChI=1S/C13H24N2O3/c1-4-9-18-12(3)13(17)15-7-5-14(6-8-15)10-11(2)16/h4,11-12,16H,1,5-10H2,2-3H3/t11-,12+/m1/s1. The Bertz CT molecular complexity index is 273. The van der Waals surface area contributed by atoms with Crippen molar-refractivity contribution in [3.63, 3.8) is 0 Å². The fraction of sp³-hybridized carbons (Fsp3) is 0.769. The van der Waals surface area contributed by atoms with E-state index in [1.165, 1.54) is 0 Å².